The van der Waals surface area contributed by atoms with E-state index in [-0.39, 0.29) is 22.1 Å². The Morgan fingerprint density at radius 3 is 2.67 bits per heavy atom. The van der Waals surface area contributed by atoms with Gasteiger partial charge in [0.25, 0.3) is 11.8 Å². The van der Waals surface area contributed by atoms with Crippen molar-refractivity contribution in [3.8, 4) is 0 Å². The minimum Gasteiger partial charge on any atom is -0.366 e. The lowest BCUT2D eigenvalue weighted by Gasteiger charge is -2.07. The first-order valence-electron chi connectivity index (χ1n) is 4.44. The fourth-order valence-corrected chi connectivity index (χ4v) is 1.49. The summed E-state index contributed by atoms with van der Waals surface area (Å²) in [6, 6.07) is 4.63. The molecule has 0 aromatic heterocycles. The Balaban J connectivity index is 3.23. The van der Waals surface area contributed by atoms with E-state index >= 15 is 0 Å². The minimum absolute atomic E-state index is 0.0603. The highest BCUT2D eigenvalue weighted by atomic mass is 35.5. The van der Waals surface area contributed by atoms with Gasteiger partial charge in [-0.3, -0.25) is 9.59 Å². The molecule has 0 aliphatic heterocycles. The van der Waals surface area contributed by atoms with Crippen molar-refractivity contribution in [2.24, 2.45) is 5.73 Å². The molecule has 5 heteroatoms. The van der Waals surface area contributed by atoms with Crippen molar-refractivity contribution in [2.75, 3.05) is 6.54 Å². The number of primary amides is 1. The molecule has 0 saturated carbocycles. The van der Waals surface area contributed by atoms with E-state index < -0.39 is 5.91 Å². The predicted molar refractivity (Wildman–Crippen MR) is 58.0 cm³/mol. The van der Waals surface area contributed by atoms with Gasteiger partial charge in [-0.25, -0.2) is 0 Å². The molecule has 0 spiro atoms. The summed E-state index contributed by atoms with van der Waals surface area (Å²) in [6.07, 6.45) is 0. The average Bonchev–Trinajstić information content (AvgIpc) is 2.17. The maximum Gasteiger partial charge on any atom is 0.252 e. The van der Waals surface area contributed by atoms with Crippen LogP contribution < -0.4 is 11.1 Å². The van der Waals surface area contributed by atoms with Crippen LogP contribution in [0.5, 0.6) is 0 Å². The van der Waals surface area contributed by atoms with Crippen LogP contribution in [-0.4, -0.2) is 18.4 Å². The van der Waals surface area contributed by atoms with Crippen molar-refractivity contribution in [1.82, 2.24) is 5.32 Å². The summed E-state index contributed by atoms with van der Waals surface area (Å²) in [4.78, 5) is 22.7. The Morgan fingerprint density at radius 1 is 1.47 bits per heavy atom. The molecule has 0 aliphatic carbocycles. The summed E-state index contributed by atoms with van der Waals surface area (Å²) < 4.78 is 0. The van der Waals surface area contributed by atoms with Gasteiger partial charge in [0.05, 0.1) is 16.1 Å². The quantitative estimate of drug-likeness (QED) is 0.813. The van der Waals surface area contributed by atoms with Gasteiger partial charge in [-0.2, -0.15) is 0 Å². The first-order chi connectivity index (χ1) is 7.07. The number of hydrogen-bond acceptors (Lipinski definition) is 2. The first-order valence-corrected chi connectivity index (χ1v) is 4.82. The summed E-state index contributed by atoms with van der Waals surface area (Å²) >= 11 is 5.79. The van der Waals surface area contributed by atoms with Gasteiger partial charge in [0.15, 0.2) is 0 Å². The van der Waals surface area contributed by atoms with Gasteiger partial charge in [0.2, 0.25) is 0 Å². The number of carbonyl (C=O) groups excluding carboxylic acids is 2. The molecule has 0 radical (unpaired) electrons. The summed E-state index contributed by atoms with van der Waals surface area (Å²) in [5, 5.41) is 2.77. The zero-order chi connectivity index (χ0) is 11.4. The average molecular weight is 227 g/mol. The SMILES string of the molecule is CCNC(=O)c1cccc(Cl)c1C(N)=O. The molecule has 1 rings (SSSR count). The third-order valence-electron chi connectivity index (χ3n) is 1.84. The Hall–Kier alpha value is -1.55. The molecule has 4 nitrogen and oxygen atoms in total. The van der Waals surface area contributed by atoms with Crippen molar-refractivity contribution in [3.63, 3.8) is 0 Å². The number of amides is 2. The standard InChI is InChI=1S/C10H11ClN2O2/c1-2-13-10(15)6-4-3-5-7(11)8(6)9(12)14/h3-5H,2H2,1H3,(H2,12,14)(H,13,15). The first kappa shape index (κ1) is 11.5. The Bertz CT molecular complexity index is 404. The lowest BCUT2D eigenvalue weighted by molar-refractivity contribution is 0.0938. The van der Waals surface area contributed by atoms with Gasteiger partial charge >= 0.3 is 0 Å². The van der Waals surface area contributed by atoms with Crippen LogP contribution in [0.2, 0.25) is 5.02 Å². The third kappa shape index (κ3) is 2.47. The molecule has 0 aliphatic rings. The van der Waals surface area contributed by atoms with E-state index in [2.05, 4.69) is 5.32 Å². The Morgan fingerprint density at radius 2 is 2.13 bits per heavy atom. The third-order valence-corrected chi connectivity index (χ3v) is 2.16. The molecule has 1 aromatic carbocycles. The highest BCUT2D eigenvalue weighted by Gasteiger charge is 2.17. The molecular formula is C10H11ClN2O2. The van der Waals surface area contributed by atoms with Crippen LogP contribution in [-0.2, 0) is 0 Å². The fourth-order valence-electron chi connectivity index (χ4n) is 1.22. The molecule has 80 valence electrons. The predicted octanol–water partition coefficient (Wildman–Crippen LogP) is 1.19. The van der Waals surface area contributed by atoms with Gasteiger partial charge in [-0.15, -0.1) is 0 Å². The van der Waals surface area contributed by atoms with Gasteiger partial charge in [0.1, 0.15) is 0 Å². The molecule has 1 aromatic rings. The zero-order valence-corrected chi connectivity index (χ0v) is 8.97. The van der Waals surface area contributed by atoms with Crippen LogP contribution in [0.25, 0.3) is 0 Å². The summed E-state index contributed by atoms with van der Waals surface area (Å²) in [5.74, 6) is -1.06. The molecule has 0 atom stereocenters. The highest BCUT2D eigenvalue weighted by Crippen LogP contribution is 2.19. The largest absolute Gasteiger partial charge is 0.366 e. The lowest BCUT2D eigenvalue weighted by atomic mass is 10.1. The molecule has 2 amide bonds. The maximum absolute atomic E-state index is 11.5. The van der Waals surface area contributed by atoms with Crippen LogP contribution in [0, 0.1) is 0 Å². The monoisotopic (exact) mass is 226 g/mol. The second-order valence-electron chi connectivity index (χ2n) is 2.89. The minimum atomic E-state index is -0.707. The lowest BCUT2D eigenvalue weighted by Crippen LogP contribution is -2.26. The molecule has 0 saturated heterocycles. The van der Waals surface area contributed by atoms with Gasteiger partial charge in [0, 0.05) is 6.54 Å². The number of benzene rings is 1. The van der Waals surface area contributed by atoms with Crippen molar-refractivity contribution in [2.45, 2.75) is 6.92 Å². The van der Waals surface area contributed by atoms with Crippen LogP contribution >= 0.6 is 11.6 Å². The second-order valence-corrected chi connectivity index (χ2v) is 3.29. The maximum atomic E-state index is 11.5. The van der Waals surface area contributed by atoms with Crippen LogP contribution in [0.3, 0.4) is 0 Å². The number of hydrogen-bond donors (Lipinski definition) is 2. The van der Waals surface area contributed by atoms with Crippen LogP contribution in [0.1, 0.15) is 27.6 Å². The Kier molecular flexibility index (Phi) is 3.68. The smallest absolute Gasteiger partial charge is 0.252 e. The molecule has 3 N–H and O–H groups in total. The molecule has 0 heterocycles. The van der Waals surface area contributed by atoms with E-state index in [1.54, 1.807) is 13.0 Å². The number of nitrogens with one attached hydrogen (secondary N) is 1. The van der Waals surface area contributed by atoms with Crippen LogP contribution in [0.4, 0.5) is 0 Å². The van der Waals surface area contributed by atoms with Crippen molar-refractivity contribution in [3.05, 3.63) is 34.3 Å². The Labute approximate surface area is 92.4 Å². The summed E-state index contributed by atoms with van der Waals surface area (Å²) in [7, 11) is 0. The number of rotatable bonds is 3. The van der Waals surface area contributed by atoms with E-state index in [0.717, 1.165) is 0 Å². The van der Waals surface area contributed by atoms with E-state index in [9.17, 15) is 9.59 Å². The fraction of sp³-hybridized carbons (Fsp3) is 0.200. The van der Waals surface area contributed by atoms with Crippen molar-refractivity contribution < 1.29 is 9.59 Å². The normalized spacial score (nSPS) is 9.73. The van der Waals surface area contributed by atoms with Gasteiger partial charge in [-0.05, 0) is 19.1 Å². The second kappa shape index (κ2) is 4.79. The van der Waals surface area contributed by atoms with Gasteiger partial charge in [-0.1, -0.05) is 17.7 Å². The summed E-state index contributed by atoms with van der Waals surface area (Å²) in [5.41, 5.74) is 5.41. The molecule has 0 fully saturated rings. The van der Waals surface area contributed by atoms with Crippen molar-refractivity contribution in [1.29, 1.82) is 0 Å². The summed E-state index contributed by atoms with van der Waals surface area (Å²) in [6.45, 7) is 2.26. The van der Waals surface area contributed by atoms with Gasteiger partial charge < -0.3 is 11.1 Å². The molecule has 0 unspecified atom stereocenters. The van der Waals surface area contributed by atoms with E-state index in [1.165, 1.54) is 12.1 Å². The van der Waals surface area contributed by atoms with E-state index in [1.807, 2.05) is 0 Å². The number of halogens is 1. The highest BCUT2D eigenvalue weighted by molar-refractivity contribution is 6.34. The molecule has 15 heavy (non-hydrogen) atoms. The topological polar surface area (TPSA) is 72.2 Å². The van der Waals surface area contributed by atoms with Crippen LogP contribution in [0.15, 0.2) is 18.2 Å². The number of nitrogens with two attached hydrogens (primary N) is 1. The van der Waals surface area contributed by atoms with E-state index in [4.69, 9.17) is 17.3 Å². The number of carbonyl (C=O) groups is 2. The zero-order valence-electron chi connectivity index (χ0n) is 8.21. The molecular weight excluding hydrogens is 216 g/mol. The van der Waals surface area contributed by atoms with E-state index in [0.29, 0.717) is 6.54 Å². The molecule has 0 bridgehead atoms. The van der Waals surface area contributed by atoms with Crippen molar-refractivity contribution >= 4 is 23.4 Å².